The lowest BCUT2D eigenvalue weighted by atomic mass is 9.87. The summed E-state index contributed by atoms with van der Waals surface area (Å²) in [4.78, 5) is 19.7. The molecule has 1 aromatic heterocycles. The van der Waals surface area contributed by atoms with E-state index in [-0.39, 0.29) is 23.7 Å². The SMILES string of the molecule is O=C(CC1CCCC1)NC(c1ccccn1)C1CCCN(Cc2ccccc2F)C1. The Morgan fingerprint density at radius 3 is 2.67 bits per heavy atom. The van der Waals surface area contributed by atoms with Gasteiger partial charge in [0.2, 0.25) is 5.91 Å². The van der Waals surface area contributed by atoms with E-state index in [1.165, 1.54) is 31.7 Å². The molecule has 4 rings (SSSR count). The Morgan fingerprint density at radius 1 is 1.10 bits per heavy atom. The van der Waals surface area contributed by atoms with E-state index in [4.69, 9.17) is 0 Å². The summed E-state index contributed by atoms with van der Waals surface area (Å²) in [6.07, 6.45) is 9.33. The van der Waals surface area contributed by atoms with Gasteiger partial charge in [0.25, 0.3) is 0 Å². The molecule has 2 unspecified atom stereocenters. The van der Waals surface area contributed by atoms with E-state index >= 15 is 0 Å². The van der Waals surface area contributed by atoms with E-state index in [1.807, 2.05) is 30.3 Å². The molecule has 160 valence electrons. The highest BCUT2D eigenvalue weighted by atomic mass is 19.1. The third-order valence-corrected chi connectivity index (χ3v) is 6.64. The molecule has 2 aliphatic rings. The molecule has 0 bridgehead atoms. The fourth-order valence-corrected chi connectivity index (χ4v) is 5.08. The highest BCUT2D eigenvalue weighted by Crippen LogP contribution is 2.31. The predicted octanol–water partition coefficient (Wildman–Crippen LogP) is 4.87. The van der Waals surface area contributed by atoms with Gasteiger partial charge in [-0.1, -0.05) is 37.1 Å². The number of carbonyl (C=O) groups is 1. The van der Waals surface area contributed by atoms with Crippen molar-refractivity contribution in [3.05, 3.63) is 65.7 Å². The van der Waals surface area contributed by atoms with Crippen molar-refractivity contribution < 1.29 is 9.18 Å². The maximum absolute atomic E-state index is 14.1. The van der Waals surface area contributed by atoms with E-state index in [0.717, 1.165) is 37.2 Å². The zero-order chi connectivity index (χ0) is 20.8. The van der Waals surface area contributed by atoms with Crippen molar-refractivity contribution in [1.82, 2.24) is 15.2 Å². The van der Waals surface area contributed by atoms with Crippen LogP contribution in [0.25, 0.3) is 0 Å². The molecule has 30 heavy (non-hydrogen) atoms. The number of pyridine rings is 1. The van der Waals surface area contributed by atoms with Crippen LogP contribution in [0.4, 0.5) is 4.39 Å². The van der Waals surface area contributed by atoms with Crippen molar-refractivity contribution in [2.75, 3.05) is 13.1 Å². The number of nitrogens with zero attached hydrogens (tertiary/aromatic N) is 2. The quantitative estimate of drug-likeness (QED) is 0.710. The Bertz CT molecular complexity index is 822. The number of halogens is 1. The van der Waals surface area contributed by atoms with Crippen LogP contribution in [-0.2, 0) is 11.3 Å². The molecule has 5 heteroatoms. The zero-order valence-corrected chi connectivity index (χ0v) is 17.6. The normalized spacial score (nSPS) is 21.4. The largest absolute Gasteiger partial charge is 0.347 e. The zero-order valence-electron chi connectivity index (χ0n) is 17.6. The molecule has 0 radical (unpaired) electrons. The van der Waals surface area contributed by atoms with Gasteiger partial charge in [0.05, 0.1) is 11.7 Å². The van der Waals surface area contributed by atoms with Crippen molar-refractivity contribution in [2.45, 2.75) is 57.5 Å². The van der Waals surface area contributed by atoms with Crippen molar-refractivity contribution in [3.8, 4) is 0 Å². The second kappa shape index (κ2) is 10.2. The standard InChI is InChI=1S/C25H32FN3O/c26-22-12-4-3-10-20(22)17-29-15-7-11-21(18-29)25(23-13-5-6-14-27-23)28-24(30)16-19-8-1-2-9-19/h3-6,10,12-14,19,21,25H,1-2,7-9,11,15-18H2,(H,28,30). The first-order chi connectivity index (χ1) is 14.7. The van der Waals surface area contributed by atoms with Gasteiger partial charge in [-0.25, -0.2) is 4.39 Å². The van der Waals surface area contributed by atoms with Gasteiger partial charge >= 0.3 is 0 Å². The average Bonchev–Trinajstić information content (AvgIpc) is 3.27. The summed E-state index contributed by atoms with van der Waals surface area (Å²) >= 11 is 0. The fraction of sp³-hybridized carbons (Fsp3) is 0.520. The minimum absolute atomic E-state index is 0.0940. The Balaban J connectivity index is 1.45. The van der Waals surface area contributed by atoms with Gasteiger partial charge in [-0.15, -0.1) is 0 Å². The molecular formula is C25H32FN3O. The molecule has 2 heterocycles. The van der Waals surface area contributed by atoms with Crippen LogP contribution in [0.15, 0.2) is 48.7 Å². The Hall–Kier alpha value is -2.27. The topological polar surface area (TPSA) is 45.2 Å². The summed E-state index contributed by atoms with van der Waals surface area (Å²) in [5, 5.41) is 3.32. The van der Waals surface area contributed by atoms with Crippen LogP contribution in [0.2, 0.25) is 0 Å². The minimum atomic E-state index is -0.147. The van der Waals surface area contributed by atoms with Crippen LogP contribution in [0.3, 0.4) is 0 Å². The molecule has 2 atom stereocenters. The highest BCUT2D eigenvalue weighted by molar-refractivity contribution is 5.76. The lowest BCUT2D eigenvalue weighted by Crippen LogP contribution is -2.43. The van der Waals surface area contributed by atoms with Crippen molar-refractivity contribution in [2.24, 2.45) is 11.8 Å². The molecular weight excluding hydrogens is 377 g/mol. The lowest BCUT2D eigenvalue weighted by Gasteiger charge is -2.37. The van der Waals surface area contributed by atoms with Crippen LogP contribution in [0, 0.1) is 17.7 Å². The molecule has 1 aliphatic carbocycles. The number of hydrogen-bond acceptors (Lipinski definition) is 3. The van der Waals surface area contributed by atoms with Crippen molar-refractivity contribution in [1.29, 1.82) is 0 Å². The number of rotatable bonds is 7. The Labute approximate surface area is 178 Å². The number of benzene rings is 1. The second-order valence-corrected chi connectivity index (χ2v) is 8.88. The first-order valence-electron chi connectivity index (χ1n) is 11.3. The Morgan fingerprint density at radius 2 is 1.90 bits per heavy atom. The molecule has 1 saturated heterocycles. The molecule has 4 nitrogen and oxygen atoms in total. The molecule has 1 amide bonds. The third kappa shape index (κ3) is 5.45. The van der Waals surface area contributed by atoms with Crippen molar-refractivity contribution in [3.63, 3.8) is 0 Å². The summed E-state index contributed by atoms with van der Waals surface area (Å²) in [5.41, 5.74) is 1.66. The monoisotopic (exact) mass is 409 g/mol. The van der Waals surface area contributed by atoms with E-state index in [2.05, 4.69) is 15.2 Å². The molecule has 2 fully saturated rings. The first kappa shape index (κ1) is 21.0. The van der Waals surface area contributed by atoms with Gasteiger partial charge in [-0.05, 0) is 62.3 Å². The number of likely N-dealkylation sites (tertiary alicyclic amines) is 1. The van der Waals surface area contributed by atoms with E-state index in [0.29, 0.717) is 18.9 Å². The number of nitrogens with one attached hydrogen (secondary N) is 1. The summed E-state index contributed by atoms with van der Waals surface area (Å²) in [6.45, 7) is 2.39. The lowest BCUT2D eigenvalue weighted by molar-refractivity contribution is -0.123. The molecule has 0 spiro atoms. The van der Waals surface area contributed by atoms with Crippen LogP contribution in [0.5, 0.6) is 0 Å². The second-order valence-electron chi connectivity index (χ2n) is 8.88. The van der Waals surface area contributed by atoms with Gasteiger partial charge in [0.1, 0.15) is 5.82 Å². The van der Waals surface area contributed by atoms with E-state index < -0.39 is 0 Å². The number of amides is 1. The van der Waals surface area contributed by atoms with Gasteiger partial charge < -0.3 is 5.32 Å². The Kier molecular flexibility index (Phi) is 7.11. The number of hydrogen-bond donors (Lipinski definition) is 1. The maximum Gasteiger partial charge on any atom is 0.220 e. The summed E-state index contributed by atoms with van der Waals surface area (Å²) in [5.74, 6) is 0.792. The third-order valence-electron chi connectivity index (χ3n) is 6.64. The minimum Gasteiger partial charge on any atom is -0.347 e. The molecule has 1 saturated carbocycles. The van der Waals surface area contributed by atoms with Crippen LogP contribution in [-0.4, -0.2) is 28.9 Å². The van der Waals surface area contributed by atoms with Crippen LogP contribution >= 0.6 is 0 Å². The molecule has 2 aromatic rings. The number of carbonyl (C=O) groups excluding carboxylic acids is 1. The number of aromatic nitrogens is 1. The van der Waals surface area contributed by atoms with Crippen LogP contribution < -0.4 is 5.32 Å². The summed E-state index contributed by atoms with van der Waals surface area (Å²) < 4.78 is 14.1. The molecule has 1 aromatic carbocycles. The van der Waals surface area contributed by atoms with Gasteiger partial charge in [-0.3, -0.25) is 14.7 Å². The summed E-state index contributed by atoms with van der Waals surface area (Å²) in [6, 6.07) is 12.8. The van der Waals surface area contributed by atoms with Crippen molar-refractivity contribution >= 4 is 5.91 Å². The smallest absolute Gasteiger partial charge is 0.220 e. The fourth-order valence-electron chi connectivity index (χ4n) is 5.08. The molecule has 1 N–H and O–H groups in total. The van der Waals surface area contributed by atoms with Gasteiger partial charge in [0, 0.05) is 31.3 Å². The average molecular weight is 410 g/mol. The van der Waals surface area contributed by atoms with E-state index in [9.17, 15) is 9.18 Å². The van der Waals surface area contributed by atoms with E-state index in [1.54, 1.807) is 12.3 Å². The predicted molar refractivity (Wildman–Crippen MR) is 116 cm³/mol. The maximum atomic E-state index is 14.1. The molecule has 1 aliphatic heterocycles. The summed E-state index contributed by atoms with van der Waals surface area (Å²) in [7, 11) is 0. The number of piperidine rings is 1. The van der Waals surface area contributed by atoms with Gasteiger partial charge in [0.15, 0.2) is 0 Å². The highest BCUT2D eigenvalue weighted by Gasteiger charge is 2.31. The van der Waals surface area contributed by atoms with Crippen LogP contribution in [0.1, 0.15) is 62.2 Å². The first-order valence-corrected chi connectivity index (χ1v) is 11.3. The van der Waals surface area contributed by atoms with Gasteiger partial charge in [-0.2, -0.15) is 0 Å².